The first-order chi connectivity index (χ1) is 8.25. The summed E-state index contributed by atoms with van der Waals surface area (Å²) in [6.07, 6.45) is 3.45. The number of carbonyl (C=O) groups excluding carboxylic acids is 1. The van der Waals surface area contributed by atoms with Crippen LogP contribution >= 0.6 is 7.82 Å². The monoisotopic (exact) mass is 276 g/mol. The number of hydrogen-bond acceptors (Lipinski definition) is 5. The average Bonchev–Trinajstić information content (AvgIpc) is 2.14. The highest BCUT2D eigenvalue weighted by molar-refractivity contribution is 7.49. The molecule has 0 aliphatic heterocycles. The zero-order chi connectivity index (χ0) is 14.2. The molecule has 6 heteroatoms. The maximum Gasteiger partial charge on any atom is 0.532 e. The Bertz CT molecular complexity index is 350. The third-order valence-electron chi connectivity index (χ3n) is 1.69. The minimum Gasteiger partial charge on any atom is -0.371 e. The molecule has 0 saturated carbocycles. The number of phosphoric ester groups is 1. The molecule has 0 rings (SSSR count). The van der Waals surface area contributed by atoms with E-state index in [1.165, 1.54) is 0 Å². The zero-order valence-corrected chi connectivity index (χ0v) is 12.5. The summed E-state index contributed by atoms with van der Waals surface area (Å²) >= 11 is 0. The third-order valence-corrected chi connectivity index (χ3v) is 3.10. The van der Waals surface area contributed by atoms with Gasteiger partial charge in [-0.2, -0.15) is 0 Å². The van der Waals surface area contributed by atoms with Crippen LogP contribution in [0.25, 0.3) is 0 Å². The van der Waals surface area contributed by atoms with E-state index in [1.54, 1.807) is 12.2 Å². The summed E-state index contributed by atoms with van der Waals surface area (Å²) < 4.78 is 26.7. The van der Waals surface area contributed by atoms with E-state index in [0.29, 0.717) is 0 Å². The first kappa shape index (κ1) is 17.1. The highest BCUT2D eigenvalue weighted by Crippen LogP contribution is 2.49. The van der Waals surface area contributed by atoms with Gasteiger partial charge in [-0.15, -0.1) is 0 Å². The number of carbonyl (C=O) groups is 1. The van der Waals surface area contributed by atoms with Gasteiger partial charge in [0.15, 0.2) is 0 Å². The van der Waals surface area contributed by atoms with Crippen molar-refractivity contribution in [2.45, 2.75) is 34.6 Å². The molecule has 0 radical (unpaired) electrons. The standard InChI is InChI=1S/C12H21O5P/c1-10(2)6-8-15-18(14,17-12(5)13)16-9-7-11(3)4/h6-7H,8-9H2,1-5H3. The van der Waals surface area contributed by atoms with Gasteiger partial charge in [0, 0.05) is 6.92 Å². The molecule has 0 heterocycles. The summed E-state index contributed by atoms with van der Waals surface area (Å²) in [7, 11) is -3.83. The lowest BCUT2D eigenvalue weighted by Crippen LogP contribution is -2.04. The molecule has 0 bridgehead atoms. The molecule has 104 valence electrons. The van der Waals surface area contributed by atoms with E-state index < -0.39 is 13.8 Å². The van der Waals surface area contributed by atoms with Gasteiger partial charge in [0.2, 0.25) is 0 Å². The van der Waals surface area contributed by atoms with Gasteiger partial charge in [-0.05, 0) is 27.7 Å². The third kappa shape index (κ3) is 9.16. The molecule has 0 fully saturated rings. The SMILES string of the molecule is CC(=O)OP(=O)(OCC=C(C)C)OCC=C(C)C. The van der Waals surface area contributed by atoms with Gasteiger partial charge in [0.25, 0.3) is 0 Å². The van der Waals surface area contributed by atoms with Gasteiger partial charge >= 0.3 is 13.8 Å². The van der Waals surface area contributed by atoms with Crippen LogP contribution in [0.3, 0.4) is 0 Å². The molecule has 18 heavy (non-hydrogen) atoms. The van der Waals surface area contributed by atoms with E-state index in [-0.39, 0.29) is 13.2 Å². The highest BCUT2D eigenvalue weighted by atomic mass is 31.2. The minimum absolute atomic E-state index is 0.0711. The van der Waals surface area contributed by atoms with Crippen LogP contribution in [-0.2, 0) is 22.9 Å². The topological polar surface area (TPSA) is 61.8 Å². The number of phosphoric acid groups is 1. The Morgan fingerprint density at radius 1 is 0.944 bits per heavy atom. The van der Waals surface area contributed by atoms with Crippen molar-refractivity contribution in [3.8, 4) is 0 Å². The van der Waals surface area contributed by atoms with Crippen LogP contribution in [0.4, 0.5) is 0 Å². The zero-order valence-electron chi connectivity index (χ0n) is 11.6. The Labute approximate surface area is 108 Å². The lowest BCUT2D eigenvalue weighted by atomic mass is 10.3. The molecular formula is C12H21O5P. The van der Waals surface area contributed by atoms with Gasteiger partial charge in [-0.3, -0.25) is 13.8 Å². The van der Waals surface area contributed by atoms with Crippen LogP contribution in [0.15, 0.2) is 23.3 Å². The summed E-state index contributed by atoms with van der Waals surface area (Å²) in [5.41, 5.74) is 2.02. The first-order valence-electron chi connectivity index (χ1n) is 5.61. The van der Waals surface area contributed by atoms with E-state index in [2.05, 4.69) is 4.52 Å². The van der Waals surface area contributed by atoms with Crippen molar-refractivity contribution in [1.82, 2.24) is 0 Å². The Balaban J connectivity index is 4.52. The van der Waals surface area contributed by atoms with E-state index in [4.69, 9.17) is 9.05 Å². The lowest BCUT2D eigenvalue weighted by molar-refractivity contribution is -0.133. The number of rotatable bonds is 7. The van der Waals surface area contributed by atoms with Crippen LogP contribution < -0.4 is 0 Å². The van der Waals surface area contributed by atoms with Crippen molar-refractivity contribution in [2.75, 3.05) is 13.2 Å². The fourth-order valence-electron chi connectivity index (χ4n) is 0.838. The quantitative estimate of drug-likeness (QED) is 0.525. The van der Waals surface area contributed by atoms with E-state index in [1.807, 2.05) is 27.7 Å². The van der Waals surface area contributed by atoms with Gasteiger partial charge in [-0.1, -0.05) is 23.3 Å². The van der Waals surface area contributed by atoms with Crippen LogP contribution in [0.2, 0.25) is 0 Å². The predicted octanol–water partition coefficient (Wildman–Crippen LogP) is 3.62. The van der Waals surface area contributed by atoms with Crippen molar-refractivity contribution >= 4 is 13.8 Å². The van der Waals surface area contributed by atoms with E-state index >= 15 is 0 Å². The van der Waals surface area contributed by atoms with E-state index in [0.717, 1.165) is 18.1 Å². The smallest absolute Gasteiger partial charge is 0.371 e. The Hall–Kier alpha value is -0.900. The fourth-order valence-corrected chi connectivity index (χ4v) is 1.85. The van der Waals surface area contributed by atoms with Crippen molar-refractivity contribution in [2.24, 2.45) is 0 Å². The summed E-state index contributed by atoms with van der Waals surface area (Å²) in [5.74, 6) is -0.701. The van der Waals surface area contributed by atoms with Crippen molar-refractivity contribution in [3.63, 3.8) is 0 Å². The normalized spacial score (nSPS) is 10.7. The highest BCUT2D eigenvalue weighted by Gasteiger charge is 2.29. The largest absolute Gasteiger partial charge is 0.532 e. The molecule has 0 spiro atoms. The second-order valence-corrected chi connectivity index (χ2v) is 5.78. The van der Waals surface area contributed by atoms with Crippen molar-refractivity contribution in [1.29, 1.82) is 0 Å². The number of hydrogen-bond donors (Lipinski definition) is 0. The lowest BCUT2D eigenvalue weighted by Gasteiger charge is -2.15. The molecule has 5 nitrogen and oxygen atoms in total. The molecule has 0 aromatic heterocycles. The molecule has 0 aliphatic carbocycles. The molecule has 0 saturated heterocycles. The Kier molecular flexibility index (Phi) is 7.83. The molecule has 0 atom stereocenters. The van der Waals surface area contributed by atoms with Crippen LogP contribution in [0.5, 0.6) is 0 Å². The minimum atomic E-state index is -3.83. The first-order valence-corrected chi connectivity index (χ1v) is 7.07. The Morgan fingerprint density at radius 2 is 1.33 bits per heavy atom. The maximum atomic E-state index is 12.0. The second kappa shape index (κ2) is 8.25. The van der Waals surface area contributed by atoms with Crippen LogP contribution in [-0.4, -0.2) is 19.2 Å². The fraction of sp³-hybridized carbons (Fsp3) is 0.583. The van der Waals surface area contributed by atoms with Crippen LogP contribution in [0.1, 0.15) is 34.6 Å². The van der Waals surface area contributed by atoms with E-state index in [9.17, 15) is 9.36 Å². The van der Waals surface area contributed by atoms with Gasteiger partial charge in [-0.25, -0.2) is 4.57 Å². The molecule has 0 N–H and O–H groups in total. The summed E-state index contributed by atoms with van der Waals surface area (Å²) in [5, 5.41) is 0. The molecule has 0 aliphatic rings. The molecule has 0 unspecified atom stereocenters. The molecular weight excluding hydrogens is 255 g/mol. The summed E-state index contributed by atoms with van der Waals surface area (Å²) in [6, 6.07) is 0. The molecule has 0 aromatic carbocycles. The summed E-state index contributed by atoms with van der Waals surface area (Å²) in [4.78, 5) is 10.9. The maximum absolute atomic E-state index is 12.0. The van der Waals surface area contributed by atoms with Gasteiger partial charge in [0.1, 0.15) is 0 Å². The number of allylic oxidation sites excluding steroid dienone is 2. The average molecular weight is 276 g/mol. The van der Waals surface area contributed by atoms with Crippen molar-refractivity contribution < 1.29 is 22.9 Å². The summed E-state index contributed by atoms with van der Waals surface area (Å²) in [6.45, 7) is 8.81. The van der Waals surface area contributed by atoms with Gasteiger partial charge in [0.05, 0.1) is 13.2 Å². The van der Waals surface area contributed by atoms with Crippen LogP contribution in [0, 0.1) is 0 Å². The molecule has 0 amide bonds. The molecule has 0 aromatic rings. The Morgan fingerprint density at radius 3 is 1.61 bits per heavy atom. The van der Waals surface area contributed by atoms with Gasteiger partial charge < -0.3 is 4.52 Å². The second-order valence-electron chi connectivity index (χ2n) is 4.18. The predicted molar refractivity (Wildman–Crippen MR) is 70.1 cm³/mol. The van der Waals surface area contributed by atoms with Crippen molar-refractivity contribution in [3.05, 3.63) is 23.3 Å².